The first kappa shape index (κ1) is 11.0. The van der Waals surface area contributed by atoms with Gasteiger partial charge in [-0.1, -0.05) is 36.4 Å². The molecule has 0 aliphatic carbocycles. The second-order valence-electron chi connectivity index (χ2n) is 4.44. The summed E-state index contributed by atoms with van der Waals surface area (Å²) >= 11 is 0. The Labute approximate surface area is 105 Å². The van der Waals surface area contributed by atoms with Crippen LogP contribution in [-0.4, -0.2) is 5.84 Å². The summed E-state index contributed by atoms with van der Waals surface area (Å²) < 4.78 is 12.9. The van der Waals surface area contributed by atoms with Crippen LogP contribution >= 0.6 is 0 Å². The molecule has 3 heteroatoms. The maximum atomic E-state index is 12.9. The Hall–Kier alpha value is -2.16. The van der Waals surface area contributed by atoms with Crippen LogP contribution < -0.4 is 5.73 Å². The summed E-state index contributed by atoms with van der Waals surface area (Å²) in [5, 5.41) is 0. The van der Waals surface area contributed by atoms with Crippen molar-refractivity contribution in [1.82, 2.24) is 0 Å². The zero-order chi connectivity index (χ0) is 12.5. The molecule has 1 aliphatic rings. The lowest BCUT2D eigenvalue weighted by Crippen LogP contribution is -2.22. The first-order valence-corrected chi connectivity index (χ1v) is 5.91. The van der Waals surface area contributed by atoms with E-state index in [1.165, 1.54) is 17.7 Å². The predicted octanol–water partition coefficient (Wildman–Crippen LogP) is 2.83. The highest BCUT2D eigenvalue weighted by Crippen LogP contribution is 2.28. The molecule has 2 aromatic rings. The molecule has 90 valence electrons. The van der Waals surface area contributed by atoms with E-state index in [0.717, 1.165) is 17.5 Å². The predicted molar refractivity (Wildman–Crippen MR) is 70.0 cm³/mol. The Kier molecular flexibility index (Phi) is 2.59. The van der Waals surface area contributed by atoms with Crippen molar-refractivity contribution >= 4 is 5.84 Å². The van der Waals surface area contributed by atoms with Crippen LogP contribution in [0, 0.1) is 5.82 Å². The van der Waals surface area contributed by atoms with Gasteiger partial charge in [0.2, 0.25) is 0 Å². The highest BCUT2D eigenvalue weighted by atomic mass is 19.1. The van der Waals surface area contributed by atoms with Crippen molar-refractivity contribution in [2.24, 2.45) is 10.7 Å². The first-order valence-electron chi connectivity index (χ1n) is 5.91. The second kappa shape index (κ2) is 4.26. The van der Waals surface area contributed by atoms with E-state index in [0.29, 0.717) is 5.84 Å². The molecule has 0 saturated heterocycles. The summed E-state index contributed by atoms with van der Waals surface area (Å²) in [6, 6.07) is 14.4. The normalized spacial score (nSPS) is 18.1. The topological polar surface area (TPSA) is 38.4 Å². The number of hydrogen-bond donors (Lipinski definition) is 1. The van der Waals surface area contributed by atoms with Crippen molar-refractivity contribution in [1.29, 1.82) is 0 Å². The molecule has 0 fully saturated rings. The summed E-state index contributed by atoms with van der Waals surface area (Å²) in [4.78, 5) is 4.50. The molecule has 2 nitrogen and oxygen atoms in total. The lowest BCUT2D eigenvalue weighted by atomic mass is 9.92. The highest BCUT2D eigenvalue weighted by molar-refractivity contribution is 5.99. The molecule has 1 heterocycles. The lowest BCUT2D eigenvalue weighted by Gasteiger charge is -2.21. The van der Waals surface area contributed by atoms with Crippen LogP contribution in [0.2, 0.25) is 0 Å². The molecule has 3 rings (SSSR count). The highest BCUT2D eigenvalue weighted by Gasteiger charge is 2.20. The number of hydrogen-bond acceptors (Lipinski definition) is 2. The minimum atomic E-state index is -0.230. The van der Waals surface area contributed by atoms with Gasteiger partial charge in [0.05, 0.1) is 6.04 Å². The van der Waals surface area contributed by atoms with Gasteiger partial charge in [0, 0.05) is 5.56 Å². The molecular weight excluding hydrogens is 227 g/mol. The van der Waals surface area contributed by atoms with E-state index in [2.05, 4.69) is 11.1 Å². The van der Waals surface area contributed by atoms with E-state index < -0.39 is 0 Å². The molecule has 18 heavy (non-hydrogen) atoms. The zero-order valence-electron chi connectivity index (χ0n) is 9.81. The molecule has 1 unspecified atom stereocenters. The molecule has 1 aliphatic heterocycles. The number of amidine groups is 1. The Morgan fingerprint density at radius 1 is 1.06 bits per heavy atom. The first-order chi connectivity index (χ1) is 8.74. The fourth-order valence-corrected chi connectivity index (χ4v) is 2.32. The summed E-state index contributed by atoms with van der Waals surface area (Å²) in [6.07, 6.45) is 0.808. The van der Waals surface area contributed by atoms with Gasteiger partial charge in [-0.25, -0.2) is 4.39 Å². The third kappa shape index (κ3) is 1.88. The van der Waals surface area contributed by atoms with Crippen LogP contribution in [0.25, 0.3) is 0 Å². The third-order valence-electron chi connectivity index (χ3n) is 3.26. The number of aliphatic imine (C=N–C) groups is 1. The van der Waals surface area contributed by atoms with Crippen LogP contribution in [0.5, 0.6) is 0 Å². The van der Waals surface area contributed by atoms with E-state index in [4.69, 9.17) is 5.73 Å². The van der Waals surface area contributed by atoms with Crippen LogP contribution in [-0.2, 0) is 6.42 Å². The van der Waals surface area contributed by atoms with E-state index >= 15 is 0 Å². The van der Waals surface area contributed by atoms with E-state index in [1.807, 2.05) is 18.2 Å². The molecule has 0 bridgehead atoms. The van der Waals surface area contributed by atoms with Gasteiger partial charge < -0.3 is 5.73 Å². The number of nitrogens with two attached hydrogens (primary N) is 1. The largest absolute Gasteiger partial charge is 0.383 e. The van der Waals surface area contributed by atoms with Crippen LogP contribution in [0.15, 0.2) is 53.5 Å². The van der Waals surface area contributed by atoms with Crippen LogP contribution in [0.1, 0.15) is 22.7 Å². The summed E-state index contributed by atoms with van der Waals surface area (Å²) in [5.74, 6) is 0.332. The second-order valence-corrected chi connectivity index (χ2v) is 4.44. The van der Waals surface area contributed by atoms with Crippen molar-refractivity contribution in [2.75, 3.05) is 0 Å². The molecule has 0 radical (unpaired) electrons. The number of nitrogens with zero attached hydrogens (tertiary/aromatic N) is 1. The Balaban J connectivity index is 1.99. The monoisotopic (exact) mass is 240 g/mol. The van der Waals surface area contributed by atoms with Gasteiger partial charge in [-0.05, 0) is 29.7 Å². The number of fused-ring (bicyclic) bond motifs is 1. The fraction of sp³-hybridized carbons (Fsp3) is 0.133. The van der Waals surface area contributed by atoms with Crippen LogP contribution in [0.4, 0.5) is 4.39 Å². The van der Waals surface area contributed by atoms with Crippen molar-refractivity contribution < 1.29 is 4.39 Å². The average Bonchev–Trinajstić information content (AvgIpc) is 2.39. The molecule has 0 aromatic heterocycles. The molecule has 0 saturated carbocycles. The SMILES string of the molecule is NC1=NC(c2ccc(F)cc2)Cc2ccccc21. The molecule has 1 atom stereocenters. The molecule has 0 spiro atoms. The van der Waals surface area contributed by atoms with Gasteiger partial charge in [0.15, 0.2) is 0 Å². The number of benzene rings is 2. The van der Waals surface area contributed by atoms with Crippen molar-refractivity contribution in [3.63, 3.8) is 0 Å². The smallest absolute Gasteiger partial charge is 0.126 e. The average molecular weight is 240 g/mol. The fourth-order valence-electron chi connectivity index (χ4n) is 2.32. The molecule has 2 N–H and O–H groups in total. The lowest BCUT2D eigenvalue weighted by molar-refractivity contribution is 0.624. The minimum Gasteiger partial charge on any atom is -0.383 e. The minimum absolute atomic E-state index is 0.0134. The van der Waals surface area contributed by atoms with Crippen molar-refractivity contribution in [3.05, 3.63) is 71.0 Å². The maximum Gasteiger partial charge on any atom is 0.126 e. The quantitative estimate of drug-likeness (QED) is 0.817. The number of rotatable bonds is 1. The zero-order valence-corrected chi connectivity index (χ0v) is 9.81. The Morgan fingerprint density at radius 2 is 1.78 bits per heavy atom. The molecule has 2 aromatic carbocycles. The van der Waals surface area contributed by atoms with E-state index in [1.54, 1.807) is 12.1 Å². The number of halogens is 1. The van der Waals surface area contributed by atoms with Crippen molar-refractivity contribution in [3.8, 4) is 0 Å². The maximum absolute atomic E-state index is 12.9. The van der Waals surface area contributed by atoms with Crippen molar-refractivity contribution in [2.45, 2.75) is 12.5 Å². The van der Waals surface area contributed by atoms with Gasteiger partial charge in [-0.15, -0.1) is 0 Å². The summed E-state index contributed by atoms with van der Waals surface area (Å²) in [7, 11) is 0. The van der Waals surface area contributed by atoms with Gasteiger partial charge in [0.1, 0.15) is 11.7 Å². The Bertz CT molecular complexity index is 602. The standard InChI is InChI=1S/C15H13FN2/c16-12-7-5-10(6-8-12)14-9-11-3-1-2-4-13(11)15(17)18-14/h1-8,14H,9H2,(H2,17,18). The molecule has 0 amide bonds. The van der Waals surface area contributed by atoms with Crippen LogP contribution in [0.3, 0.4) is 0 Å². The van der Waals surface area contributed by atoms with Gasteiger partial charge in [-0.3, -0.25) is 4.99 Å². The van der Waals surface area contributed by atoms with E-state index in [9.17, 15) is 4.39 Å². The van der Waals surface area contributed by atoms with Gasteiger partial charge in [0.25, 0.3) is 0 Å². The van der Waals surface area contributed by atoms with Gasteiger partial charge >= 0.3 is 0 Å². The van der Waals surface area contributed by atoms with E-state index in [-0.39, 0.29) is 11.9 Å². The molecular formula is C15H13FN2. The summed E-state index contributed by atoms with van der Waals surface area (Å²) in [6.45, 7) is 0. The Morgan fingerprint density at radius 3 is 2.56 bits per heavy atom. The summed E-state index contributed by atoms with van der Waals surface area (Å²) in [5.41, 5.74) is 9.18. The van der Waals surface area contributed by atoms with Gasteiger partial charge in [-0.2, -0.15) is 0 Å². The third-order valence-corrected chi connectivity index (χ3v) is 3.26.